The standard InChI is InChI=1S/C9H8O4.C8H8O3.H3O3P/c10-7-3-1-6(2-4-7)5-8(11)9(12)13;1-11-7-4-2-6(3-5-7)8(9)10;1-4(2)3/h1-4,10H,5H2,(H,12,13);2-5H,1H3,(H,9,10);4H,(H2,1,2,3). The van der Waals surface area contributed by atoms with Crippen LogP contribution in [0.2, 0.25) is 0 Å². The molecule has 0 aliphatic carbocycles. The van der Waals surface area contributed by atoms with E-state index in [9.17, 15) is 14.4 Å². The molecule has 0 atom stereocenters. The number of hydrogen-bond donors (Lipinski definition) is 5. The zero-order valence-corrected chi connectivity index (χ0v) is 15.6. The van der Waals surface area contributed by atoms with Crippen molar-refractivity contribution in [2.75, 3.05) is 7.11 Å². The number of methoxy groups -OCH3 is 1. The molecule has 2 aromatic rings. The van der Waals surface area contributed by atoms with Gasteiger partial charge in [0.15, 0.2) is 0 Å². The van der Waals surface area contributed by atoms with Crippen LogP contribution in [-0.4, -0.2) is 49.9 Å². The summed E-state index contributed by atoms with van der Waals surface area (Å²) >= 11 is 0. The second kappa shape index (κ2) is 13.0. The molecule has 0 fully saturated rings. The van der Waals surface area contributed by atoms with Crippen molar-refractivity contribution in [2.24, 2.45) is 0 Å². The van der Waals surface area contributed by atoms with E-state index in [-0.39, 0.29) is 17.7 Å². The highest BCUT2D eigenvalue weighted by atomic mass is 31.1. The quantitative estimate of drug-likeness (QED) is 0.354. The third kappa shape index (κ3) is 11.4. The highest BCUT2D eigenvalue weighted by molar-refractivity contribution is 7.30. The van der Waals surface area contributed by atoms with Crippen LogP contribution in [0.4, 0.5) is 0 Å². The van der Waals surface area contributed by atoms with Gasteiger partial charge in [0.2, 0.25) is 5.78 Å². The van der Waals surface area contributed by atoms with E-state index in [0.29, 0.717) is 11.3 Å². The zero-order valence-electron chi connectivity index (χ0n) is 14.6. The Bertz CT molecular complexity index is 796. The zero-order chi connectivity index (χ0) is 21.7. The lowest BCUT2D eigenvalue weighted by molar-refractivity contribution is -0.148. The number of carboxylic acid groups (broad SMARTS) is 2. The van der Waals surface area contributed by atoms with Gasteiger partial charge in [-0.15, -0.1) is 0 Å². The summed E-state index contributed by atoms with van der Waals surface area (Å²) in [6, 6.07) is 12.1. The van der Waals surface area contributed by atoms with Crippen molar-refractivity contribution in [3.8, 4) is 11.5 Å². The van der Waals surface area contributed by atoms with Crippen molar-refractivity contribution in [3.05, 3.63) is 59.7 Å². The van der Waals surface area contributed by atoms with Crippen molar-refractivity contribution in [2.45, 2.75) is 6.42 Å². The first-order valence-electron chi connectivity index (χ1n) is 7.40. The van der Waals surface area contributed by atoms with Crippen LogP contribution in [-0.2, 0) is 20.6 Å². The molecule has 11 heteroatoms. The maximum Gasteiger partial charge on any atom is 0.372 e. The fraction of sp³-hybridized carbons (Fsp3) is 0.118. The van der Waals surface area contributed by atoms with Gasteiger partial charge in [-0.3, -0.25) is 9.36 Å². The first-order chi connectivity index (χ1) is 13.1. The van der Waals surface area contributed by atoms with Crippen LogP contribution in [0.5, 0.6) is 11.5 Å². The lowest BCUT2D eigenvalue weighted by Crippen LogP contribution is -2.14. The second-order valence-corrected chi connectivity index (χ2v) is 5.45. The summed E-state index contributed by atoms with van der Waals surface area (Å²) in [4.78, 5) is 45.6. The van der Waals surface area contributed by atoms with E-state index in [1.165, 1.54) is 43.5 Å². The van der Waals surface area contributed by atoms with E-state index in [1.54, 1.807) is 12.1 Å². The van der Waals surface area contributed by atoms with Crippen LogP contribution in [0.1, 0.15) is 15.9 Å². The molecule has 0 radical (unpaired) electrons. The SMILES string of the molecule is COc1ccc(C(=O)O)cc1.O=C(O)C(=O)Cc1ccc(O)cc1.O=[PH](O)O. The average molecular weight is 414 g/mol. The third-order valence-electron chi connectivity index (χ3n) is 2.88. The number of aliphatic carboxylic acids is 1. The normalized spacial score (nSPS) is 9.29. The molecule has 2 aromatic carbocycles. The topological polar surface area (TPSA) is 179 Å². The van der Waals surface area contributed by atoms with Crippen LogP contribution in [0.25, 0.3) is 0 Å². The Hall–Kier alpha value is -3.20. The molecule has 2 rings (SSSR count). The number of phenolic OH excluding ortho intramolecular Hbond substituents is 1. The summed E-state index contributed by atoms with van der Waals surface area (Å²) in [6.45, 7) is 0. The highest BCUT2D eigenvalue weighted by Gasteiger charge is 2.11. The average Bonchev–Trinajstić information content (AvgIpc) is 2.63. The molecule has 5 N–H and O–H groups in total. The summed E-state index contributed by atoms with van der Waals surface area (Å²) in [6.07, 6.45) is -0.143. The minimum atomic E-state index is -3.13. The molecular weight excluding hydrogens is 395 g/mol. The van der Waals surface area contributed by atoms with E-state index in [4.69, 9.17) is 34.4 Å². The van der Waals surface area contributed by atoms with Crippen molar-refractivity contribution in [1.82, 2.24) is 0 Å². The molecule has 0 amide bonds. The lowest BCUT2D eigenvalue weighted by Gasteiger charge is -1.98. The minimum Gasteiger partial charge on any atom is -0.508 e. The first kappa shape index (κ1) is 24.8. The second-order valence-electron chi connectivity index (χ2n) is 4.89. The van der Waals surface area contributed by atoms with E-state index in [0.717, 1.165) is 0 Å². The molecule has 0 saturated carbocycles. The Morgan fingerprint density at radius 3 is 1.75 bits per heavy atom. The van der Waals surface area contributed by atoms with Crippen LogP contribution < -0.4 is 4.74 Å². The van der Waals surface area contributed by atoms with Gasteiger partial charge in [0.25, 0.3) is 0 Å². The molecule has 0 aliphatic heterocycles. The summed E-state index contributed by atoms with van der Waals surface area (Å²) in [5.41, 5.74) is 0.844. The van der Waals surface area contributed by atoms with Gasteiger partial charge in [0, 0.05) is 6.42 Å². The summed E-state index contributed by atoms with van der Waals surface area (Å²) < 4.78 is 13.6. The summed E-state index contributed by atoms with van der Waals surface area (Å²) in [5, 5.41) is 25.7. The molecule has 10 nitrogen and oxygen atoms in total. The molecule has 152 valence electrons. The monoisotopic (exact) mass is 414 g/mol. The summed E-state index contributed by atoms with van der Waals surface area (Å²) in [7, 11) is -1.59. The number of Topliss-reactive ketones (excluding diaryl/α,β-unsaturated/α-hetero) is 1. The van der Waals surface area contributed by atoms with Crippen LogP contribution in [0.15, 0.2) is 48.5 Å². The molecular formula is C17H19O10P. The number of ether oxygens (including phenoxy) is 1. The van der Waals surface area contributed by atoms with Crippen LogP contribution in [0, 0.1) is 0 Å². The van der Waals surface area contributed by atoms with Crippen LogP contribution in [0.3, 0.4) is 0 Å². The summed E-state index contributed by atoms with van der Waals surface area (Å²) in [5.74, 6) is -2.46. The molecule has 0 aliphatic rings. The molecule has 0 spiro atoms. The fourth-order valence-corrected chi connectivity index (χ4v) is 1.61. The Balaban J connectivity index is 0.000000442. The Morgan fingerprint density at radius 2 is 1.39 bits per heavy atom. The van der Waals surface area contributed by atoms with Crippen LogP contribution >= 0.6 is 8.25 Å². The number of carboxylic acids is 2. The van der Waals surface area contributed by atoms with Crippen molar-refractivity contribution >= 4 is 26.0 Å². The van der Waals surface area contributed by atoms with Crippen molar-refractivity contribution in [1.29, 1.82) is 0 Å². The van der Waals surface area contributed by atoms with Gasteiger partial charge in [-0.05, 0) is 42.0 Å². The molecule has 28 heavy (non-hydrogen) atoms. The Kier molecular flexibility index (Phi) is 11.6. The predicted molar refractivity (Wildman–Crippen MR) is 97.8 cm³/mol. The van der Waals surface area contributed by atoms with Gasteiger partial charge in [-0.1, -0.05) is 12.1 Å². The van der Waals surface area contributed by atoms with Gasteiger partial charge >= 0.3 is 20.2 Å². The maximum atomic E-state index is 10.7. The van der Waals surface area contributed by atoms with Gasteiger partial charge in [-0.25, -0.2) is 9.59 Å². The molecule has 0 unspecified atom stereocenters. The number of carbonyl (C=O) groups excluding carboxylic acids is 1. The number of rotatable bonds is 5. The number of aromatic hydroxyl groups is 1. The molecule has 0 bridgehead atoms. The molecule has 0 saturated heterocycles. The number of ketones is 1. The number of hydrogen-bond acceptors (Lipinski definition) is 6. The fourth-order valence-electron chi connectivity index (χ4n) is 1.61. The maximum absolute atomic E-state index is 10.7. The Labute approximate surface area is 160 Å². The van der Waals surface area contributed by atoms with Crippen molar-refractivity contribution < 1.29 is 48.8 Å². The molecule has 0 heterocycles. The highest BCUT2D eigenvalue weighted by Crippen LogP contribution is 2.11. The number of carbonyl (C=O) groups is 3. The Morgan fingerprint density at radius 1 is 0.929 bits per heavy atom. The smallest absolute Gasteiger partial charge is 0.372 e. The largest absolute Gasteiger partial charge is 0.508 e. The van der Waals surface area contributed by atoms with E-state index < -0.39 is 26.0 Å². The van der Waals surface area contributed by atoms with Gasteiger partial charge in [0.05, 0.1) is 12.7 Å². The van der Waals surface area contributed by atoms with Gasteiger partial charge in [-0.2, -0.15) is 0 Å². The number of benzene rings is 2. The van der Waals surface area contributed by atoms with Crippen molar-refractivity contribution in [3.63, 3.8) is 0 Å². The van der Waals surface area contributed by atoms with E-state index in [2.05, 4.69) is 0 Å². The lowest BCUT2D eigenvalue weighted by atomic mass is 10.1. The minimum absolute atomic E-state index is 0.0894. The molecule has 0 aromatic heterocycles. The first-order valence-corrected chi connectivity index (χ1v) is 8.70. The number of phenols is 1. The third-order valence-corrected chi connectivity index (χ3v) is 2.88. The number of aromatic carboxylic acids is 1. The van der Waals surface area contributed by atoms with Gasteiger partial charge in [0.1, 0.15) is 11.5 Å². The van der Waals surface area contributed by atoms with E-state index in [1.807, 2.05) is 0 Å². The van der Waals surface area contributed by atoms with Gasteiger partial charge < -0.3 is 29.8 Å². The predicted octanol–water partition coefficient (Wildman–Crippen LogP) is 1.34. The van der Waals surface area contributed by atoms with E-state index >= 15 is 0 Å².